The molecule has 3 nitrogen and oxygen atoms in total. The highest BCUT2D eigenvalue weighted by atomic mass is 19.3. The number of aromatic hydroxyl groups is 1. The summed E-state index contributed by atoms with van der Waals surface area (Å²) in [5.41, 5.74) is -0.426. The molecular weight excluding hydrogens is 254 g/mol. The number of aliphatic hydroxyl groups is 1. The van der Waals surface area contributed by atoms with Crippen LogP contribution in [0.1, 0.15) is 35.6 Å². The molecule has 0 amide bonds. The summed E-state index contributed by atoms with van der Waals surface area (Å²) in [6, 6.07) is 0. The molecular formula is C14H18F2O3. The molecule has 0 fully saturated rings. The Bertz CT molecular complexity index is 540. The van der Waals surface area contributed by atoms with Crippen molar-refractivity contribution in [2.75, 3.05) is 6.61 Å². The van der Waals surface area contributed by atoms with E-state index in [9.17, 15) is 19.0 Å². The average Bonchev–Trinajstić information content (AvgIpc) is 2.31. The molecule has 1 aliphatic rings. The molecule has 0 radical (unpaired) electrons. The van der Waals surface area contributed by atoms with Crippen LogP contribution in [-0.4, -0.2) is 22.4 Å². The lowest BCUT2D eigenvalue weighted by molar-refractivity contribution is -0.116. The van der Waals surface area contributed by atoms with Gasteiger partial charge in [-0.2, -0.15) is 0 Å². The summed E-state index contributed by atoms with van der Waals surface area (Å²) in [7, 11) is 0. The van der Waals surface area contributed by atoms with Gasteiger partial charge in [0.1, 0.15) is 17.1 Å². The summed E-state index contributed by atoms with van der Waals surface area (Å²) in [6.07, 6.45) is -0.605. The molecule has 1 heterocycles. The number of hydrogen-bond acceptors (Lipinski definition) is 3. The van der Waals surface area contributed by atoms with Gasteiger partial charge in [0.05, 0.1) is 18.6 Å². The molecule has 0 saturated heterocycles. The second kappa shape index (κ2) is 4.07. The predicted octanol–water partition coefficient (Wildman–Crippen LogP) is 2.94. The molecule has 1 aromatic rings. The number of fused-ring (bicyclic) bond motifs is 1. The van der Waals surface area contributed by atoms with Crippen LogP contribution in [0.4, 0.5) is 8.78 Å². The van der Waals surface area contributed by atoms with Crippen molar-refractivity contribution in [1.82, 2.24) is 0 Å². The van der Waals surface area contributed by atoms with Gasteiger partial charge in [-0.15, -0.1) is 0 Å². The highest BCUT2D eigenvalue weighted by Crippen LogP contribution is 2.52. The molecule has 1 aromatic carbocycles. The Hall–Kier alpha value is -1.36. The van der Waals surface area contributed by atoms with E-state index in [1.807, 2.05) is 0 Å². The average molecular weight is 272 g/mol. The zero-order chi connectivity index (χ0) is 14.6. The van der Waals surface area contributed by atoms with Gasteiger partial charge in [0, 0.05) is 5.56 Å². The Labute approximate surface area is 110 Å². The molecule has 0 saturated carbocycles. The first-order valence-corrected chi connectivity index (χ1v) is 6.14. The van der Waals surface area contributed by atoms with E-state index in [4.69, 9.17) is 4.74 Å². The number of rotatable bonds is 1. The summed E-state index contributed by atoms with van der Waals surface area (Å²) in [6.45, 7) is 5.72. The van der Waals surface area contributed by atoms with E-state index in [2.05, 4.69) is 0 Å². The first kappa shape index (κ1) is 14.1. The van der Waals surface area contributed by atoms with Crippen molar-refractivity contribution in [3.63, 3.8) is 0 Å². The number of aliphatic hydroxyl groups excluding tert-OH is 1. The molecule has 1 atom stereocenters. The van der Waals surface area contributed by atoms with E-state index in [-0.39, 0.29) is 22.6 Å². The summed E-state index contributed by atoms with van der Waals surface area (Å²) in [4.78, 5) is 0. The van der Waals surface area contributed by atoms with Gasteiger partial charge in [-0.1, -0.05) is 0 Å². The van der Waals surface area contributed by atoms with Crippen molar-refractivity contribution in [2.45, 2.75) is 45.6 Å². The predicted molar refractivity (Wildman–Crippen MR) is 66.9 cm³/mol. The number of ether oxygens (including phenoxy) is 1. The van der Waals surface area contributed by atoms with E-state index >= 15 is 0 Å². The zero-order valence-corrected chi connectivity index (χ0v) is 11.5. The fourth-order valence-corrected chi connectivity index (χ4v) is 2.60. The second-order valence-electron chi connectivity index (χ2n) is 5.52. The van der Waals surface area contributed by atoms with E-state index in [0.717, 1.165) is 0 Å². The van der Waals surface area contributed by atoms with E-state index in [1.54, 1.807) is 13.8 Å². The van der Waals surface area contributed by atoms with Crippen molar-refractivity contribution < 1.29 is 23.7 Å². The number of hydrogen-bond donors (Lipinski definition) is 2. The molecule has 1 unspecified atom stereocenters. The minimum absolute atomic E-state index is 0.0839. The summed E-state index contributed by atoms with van der Waals surface area (Å²) in [5.74, 6) is -3.17. The Morgan fingerprint density at radius 1 is 1.16 bits per heavy atom. The fraction of sp³-hybridized carbons (Fsp3) is 0.571. The van der Waals surface area contributed by atoms with Gasteiger partial charge in [0.25, 0.3) is 5.92 Å². The van der Waals surface area contributed by atoms with Gasteiger partial charge in [0.15, 0.2) is 0 Å². The number of phenols is 1. The molecule has 2 rings (SSSR count). The number of halogens is 2. The maximum absolute atomic E-state index is 14.3. The Balaban J connectivity index is 2.77. The molecule has 0 aromatic heterocycles. The van der Waals surface area contributed by atoms with E-state index < -0.39 is 24.6 Å². The van der Waals surface area contributed by atoms with Crippen LogP contribution >= 0.6 is 0 Å². The first-order valence-electron chi connectivity index (χ1n) is 6.14. The van der Waals surface area contributed by atoms with Crippen molar-refractivity contribution >= 4 is 0 Å². The van der Waals surface area contributed by atoms with Crippen molar-refractivity contribution in [3.05, 3.63) is 22.3 Å². The van der Waals surface area contributed by atoms with Crippen molar-refractivity contribution in [2.24, 2.45) is 0 Å². The number of benzene rings is 1. The van der Waals surface area contributed by atoms with Crippen LogP contribution in [0, 0.1) is 20.8 Å². The van der Waals surface area contributed by atoms with Gasteiger partial charge in [-0.05, 0) is 38.8 Å². The lowest BCUT2D eigenvalue weighted by atomic mass is 9.85. The van der Waals surface area contributed by atoms with E-state index in [1.165, 1.54) is 13.8 Å². The smallest absolute Gasteiger partial charge is 0.281 e. The van der Waals surface area contributed by atoms with Crippen LogP contribution in [0.3, 0.4) is 0 Å². The minimum atomic E-state index is -3.13. The highest BCUT2D eigenvalue weighted by Gasteiger charge is 2.50. The topological polar surface area (TPSA) is 49.7 Å². The lowest BCUT2D eigenvalue weighted by Crippen LogP contribution is -2.46. The minimum Gasteiger partial charge on any atom is -0.507 e. The molecule has 0 aliphatic carbocycles. The molecule has 0 bridgehead atoms. The third-order valence-electron chi connectivity index (χ3n) is 3.86. The lowest BCUT2D eigenvalue weighted by Gasteiger charge is -2.40. The van der Waals surface area contributed by atoms with Crippen LogP contribution in [-0.2, 0) is 5.92 Å². The van der Waals surface area contributed by atoms with E-state index in [0.29, 0.717) is 11.1 Å². The fourth-order valence-electron chi connectivity index (χ4n) is 2.60. The SMILES string of the molecule is Cc1c(C)c2c(c(C)c1O)C(F)(F)CC(C)(CO)O2. The third kappa shape index (κ3) is 1.96. The van der Waals surface area contributed by atoms with Crippen molar-refractivity contribution in [1.29, 1.82) is 0 Å². The highest BCUT2D eigenvalue weighted by molar-refractivity contribution is 5.60. The van der Waals surface area contributed by atoms with Gasteiger partial charge >= 0.3 is 0 Å². The molecule has 19 heavy (non-hydrogen) atoms. The van der Waals surface area contributed by atoms with Crippen LogP contribution in [0.15, 0.2) is 0 Å². The Morgan fingerprint density at radius 2 is 1.74 bits per heavy atom. The zero-order valence-electron chi connectivity index (χ0n) is 11.5. The van der Waals surface area contributed by atoms with Gasteiger partial charge in [0.2, 0.25) is 0 Å². The molecule has 5 heteroatoms. The van der Waals surface area contributed by atoms with Crippen LogP contribution in [0.25, 0.3) is 0 Å². The van der Waals surface area contributed by atoms with Gasteiger partial charge in [-0.3, -0.25) is 0 Å². The maximum atomic E-state index is 14.3. The molecule has 1 aliphatic heterocycles. The summed E-state index contributed by atoms with van der Waals surface area (Å²) < 4.78 is 34.3. The molecule has 2 N–H and O–H groups in total. The monoisotopic (exact) mass is 272 g/mol. The Morgan fingerprint density at radius 3 is 2.26 bits per heavy atom. The standard InChI is InChI=1S/C14H18F2O3/c1-7-8(2)12-10(9(3)11(7)18)14(15,16)5-13(4,6-17)19-12/h17-18H,5-6H2,1-4H3. The molecule has 0 spiro atoms. The number of phenolic OH excluding ortho intramolecular Hbond substituents is 1. The third-order valence-corrected chi connectivity index (χ3v) is 3.86. The second-order valence-corrected chi connectivity index (χ2v) is 5.52. The van der Waals surface area contributed by atoms with Gasteiger partial charge < -0.3 is 14.9 Å². The Kier molecular flexibility index (Phi) is 3.01. The maximum Gasteiger partial charge on any atom is 0.281 e. The van der Waals surface area contributed by atoms with Crippen LogP contribution < -0.4 is 4.74 Å². The normalized spacial score (nSPS) is 24.8. The van der Waals surface area contributed by atoms with Crippen LogP contribution in [0.2, 0.25) is 0 Å². The largest absolute Gasteiger partial charge is 0.507 e. The summed E-state index contributed by atoms with van der Waals surface area (Å²) >= 11 is 0. The van der Waals surface area contributed by atoms with Crippen LogP contribution in [0.5, 0.6) is 11.5 Å². The van der Waals surface area contributed by atoms with Gasteiger partial charge in [-0.25, -0.2) is 8.78 Å². The quantitative estimate of drug-likeness (QED) is 0.826. The summed E-state index contributed by atoms with van der Waals surface area (Å²) in [5, 5.41) is 19.2. The number of alkyl halides is 2. The first-order chi connectivity index (χ1) is 8.63. The van der Waals surface area contributed by atoms with Crippen molar-refractivity contribution in [3.8, 4) is 11.5 Å². The molecule has 106 valence electrons.